The average molecular weight is 417 g/mol. The summed E-state index contributed by atoms with van der Waals surface area (Å²) in [6, 6.07) is 10.9. The highest BCUT2D eigenvalue weighted by molar-refractivity contribution is 7.09. The molecule has 8 heteroatoms. The predicted molar refractivity (Wildman–Crippen MR) is 117 cm³/mol. The Morgan fingerprint density at radius 2 is 1.59 bits per heavy atom. The van der Waals surface area contributed by atoms with Crippen LogP contribution in [0.2, 0.25) is 0 Å². The molecule has 2 N–H and O–H groups in total. The molecule has 0 aliphatic rings. The third-order valence-electron chi connectivity index (χ3n) is 4.32. The molecule has 0 aliphatic heterocycles. The normalized spacial score (nSPS) is 10.6. The summed E-state index contributed by atoms with van der Waals surface area (Å²) in [6.07, 6.45) is 0. The lowest BCUT2D eigenvalue weighted by Gasteiger charge is -2.25. The molecule has 7 nitrogen and oxygen atoms in total. The van der Waals surface area contributed by atoms with Crippen molar-refractivity contribution in [2.45, 2.75) is 27.3 Å². The van der Waals surface area contributed by atoms with Crippen molar-refractivity contribution >= 4 is 40.4 Å². The summed E-state index contributed by atoms with van der Waals surface area (Å²) in [5.41, 5.74) is 1.27. The van der Waals surface area contributed by atoms with E-state index in [9.17, 15) is 14.4 Å². The molecule has 2 rings (SSSR count). The highest BCUT2D eigenvalue weighted by Gasteiger charge is 2.18. The van der Waals surface area contributed by atoms with Crippen LogP contribution in [0.1, 0.15) is 25.6 Å². The van der Waals surface area contributed by atoms with Crippen molar-refractivity contribution in [3.8, 4) is 0 Å². The molecule has 0 fully saturated rings. The van der Waals surface area contributed by atoms with E-state index in [1.54, 1.807) is 40.5 Å². The van der Waals surface area contributed by atoms with Gasteiger partial charge in [0.1, 0.15) is 0 Å². The van der Waals surface area contributed by atoms with Crippen LogP contribution in [0.3, 0.4) is 0 Å². The molecule has 0 saturated carbocycles. The van der Waals surface area contributed by atoms with Gasteiger partial charge in [0.2, 0.25) is 17.7 Å². The van der Waals surface area contributed by atoms with Gasteiger partial charge in [0.15, 0.2) is 0 Å². The van der Waals surface area contributed by atoms with Crippen LogP contribution in [0.4, 0.5) is 11.4 Å². The number of amides is 3. The number of benzene rings is 1. The van der Waals surface area contributed by atoms with E-state index in [1.165, 1.54) is 11.8 Å². The largest absolute Gasteiger partial charge is 0.333 e. The van der Waals surface area contributed by atoms with E-state index in [0.29, 0.717) is 17.9 Å². The molecule has 0 bridgehead atoms. The van der Waals surface area contributed by atoms with E-state index < -0.39 is 0 Å². The standard InChI is InChI=1S/C21H28N4O3S/c1-4-24(13-19-7-6-12-29-19)15-21(28)25(5-2)14-20(27)23-18-10-8-17(9-11-18)22-16(3)26/h6-12H,4-5,13-15H2,1-3H3,(H,22,26)(H,23,27). The van der Waals surface area contributed by atoms with E-state index in [0.717, 1.165) is 13.1 Å². The van der Waals surface area contributed by atoms with E-state index in [-0.39, 0.29) is 30.8 Å². The molecule has 29 heavy (non-hydrogen) atoms. The van der Waals surface area contributed by atoms with Gasteiger partial charge in [-0.3, -0.25) is 19.3 Å². The molecule has 0 radical (unpaired) electrons. The van der Waals surface area contributed by atoms with Crippen molar-refractivity contribution < 1.29 is 14.4 Å². The van der Waals surface area contributed by atoms with Gasteiger partial charge in [0, 0.05) is 36.3 Å². The fraction of sp³-hybridized carbons (Fsp3) is 0.381. The Morgan fingerprint density at radius 3 is 2.10 bits per heavy atom. The van der Waals surface area contributed by atoms with E-state index >= 15 is 0 Å². The van der Waals surface area contributed by atoms with Crippen molar-refractivity contribution in [2.75, 3.05) is 36.8 Å². The van der Waals surface area contributed by atoms with Crippen LogP contribution in [0.25, 0.3) is 0 Å². The SMILES string of the molecule is CCN(CC(=O)N(CC)CC(=O)Nc1ccc(NC(C)=O)cc1)Cc1cccs1. The number of nitrogens with one attached hydrogen (secondary N) is 2. The number of likely N-dealkylation sites (N-methyl/N-ethyl adjacent to an activating group) is 2. The first-order valence-electron chi connectivity index (χ1n) is 9.61. The van der Waals surface area contributed by atoms with Gasteiger partial charge in [0.25, 0.3) is 0 Å². The molecule has 156 valence electrons. The molecule has 3 amide bonds. The van der Waals surface area contributed by atoms with Gasteiger partial charge in [-0.25, -0.2) is 0 Å². The topological polar surface area (TPSA) is 81.8 Å². The number of nitrogens with zero attached hydrogens (tertiary/aromatic N) is 2. The summed E-state index contributed by atoms with van der Waals surface area (Å²) in [4.78, 5) is 40.9. The van der Waals surface area contributed by atoms with Gasteiger partial charge in [-0.15, -0.1) is 11.3 Å². The van der Waals surface area contributed by atoms with Crippen LogP contribution in [-0.2, 0) is 20.9 Å². The Bertz CT molecular complexity index is 806. The number of hydrogen-bond donors (Lipinski definition) is 2. The highest BCUT2D eigenvalue weighted by atomic mass is 32.1. The fourth-order valence-corrected chi connectivity index (χ4v) is 3.53. The first-order valence-corrected chi connectivity index (χ1v) is 10.5. The van der Waals surface area contributed by atoms with Crippen LogP contribution >= 0.6 is 11.3 Å². The Morgan fingerprint density at radius 1 is 0.931 bits per heavy atom. The zero-order valence-electron chi connectivity index (χ0n) is 17.1. The molecule has 0 aliphatic carbocycles. The summed E-state index contributed by atoms with van der Waals surface area (Å²) >= 11 is 1.67. The fourth-order valence-electron chi connectivity index (χ4n) is 2.78. The predicted octanol–water partition coefficient (Wildman–Crippen LogP) is 3.02. The van der Waals surface area contributed by atoms with Gasteiger partial charge < -0.3 is 15.5 Å². The number of rotatable bonds is 10. The van der Waals surface area contributed by atoms with Crippen LogP contribution in [0.15, 0.2) is 41.8 Å². The van der Waals surface area contributed by atoms with E-state index in [1.807, 2.05) is 25.3 Å². The lowest BCUT2D eigenvalue weighted by molar-refractivity contribution is -0.135. The highest BCUT2D eigenvalue weighted by Crippen LogP contribution is 2.14. The maximum atomic E-state index is 12.7. The minimum Gasteiger partial charge on any atom is -0.333 e. The third-order valence-corrected chi connectivity index (χ3v) is 5.18. The molecule has 0 atom stereocenters. The second-order valence-electron chi connectivity index (χ2n) is 6.60. The van der Waals surface area contributed by atoms with Crippen LogP contribution in [0, 0.1) is 0 Å². The number of thiophene rings is 1. The second kappa shape index (κ2) is 11.3. The molecule has 0 saturated heterocycles. The van der Waals surface area contributed by atoms with E-state index in [2.05, 4.69) is 21.6 Å². The number of carbonyl (C=O) groups is 3. The summed E-state index contributed by atoms with van der Waals surface area (Å²) < 4.78 is 0. The molecule has 2 aromatic rings. The summed E-state index contributed by atoms with van der Waals surface area (Å²) in [7, 11) is 0. The van der Waals surface area contributed by atoms with Crippen LogP contribution < -0.4 is 10.6 Å². The van der Waals surface area contributed by atoms with Crippen molar-refractivity contribution in [1.82, 2.24) is 9.80 Å². The van der Waals surface area contributed by atoms with Gasteiger partial charge in [0.05, 0.1) is 13.1 Å². The summed E-state index contributed by atoms with van der Waals surface area (Å²) in [5.74, 6) is -0.477. The van der Waals surface area contributed by atoms with Crippen molar-refractivity contribution in [3.63, 3.8) is 0 Å². The van der Waals surface area contributed by atoms with Gasteiger partial charge in [-0.05, 0) is 49.2 Å². The zero-order valence-corrected chi connectivity index (χ0v) is 17.9. The molecule has 0 spiro atoms. The minimum absolute atomic E-state index is 0.000658. The first kappa shape index (κ1) is 22.6. The number of hydrogen-bond acceptors (Lipinski definition) is 5. The van der Waals surface area contributed by atoms with Crippen molar-refractivity contribution in [3.05, 3.63) is 46.7 Å². The maximum Gasteiger partial charge on any atom is 0.243 e. The Kier molecular flexibility index (Phi) is 8.82. The molecular weight excluding hydrogens is 388 g/mol. The Balaban J connectivity index is 1.87. The molecule has 1 aromatic heterocycles. The van der Waals surface area contributed by atoms with E-state index in [4.69, 9.17) is 0 Å². The van der Waals surface area contributed by atoms with Gasteiger partial charge in [-0.2, -0.15) is 0 Å². The average Bonchev–Trinajstić information content (AvgIpc) is 3.19. The third kappa shape index (κ3) is 7.67. The molecule has 1 aromatic carbocycles. The number of carbonyl (C=O) groups excluding carboxylic acids is 3. The molecule has 1 heterocycles. The zero-order chi connectivity index (χ0) is 21.2. The van der Waals surface area contributed by atoms with Crippen LogP contribution in [0.5, 0.6) is 0 Å². The maximum absolute atomic E-state index is 12.7. The summed E-state index contributed by atoms with van der Waals surface area (Å²) in [5, 5.41) is 7.48. The smallest absolute Gasteiger partial charge is 0.243 e. The van der Waals surface area contributed by atoms with Crippen LogP contribution in [-0.4, -0.2) is 53.7 Å². The quantitative estimate of drug-likeness (QED) is 0.624. The molecular formula is C21H28N4O3S. The Labute approximate surface area is 175 Å². The first-order chi connectivity index (χ1) is 13.9. The minimum atomic E-state index is -0.256. The van der Waals surface area contributed by atoms with Crippen molar-refractivity contribution in [1.29, 1.82) is 0 Å². The second-order valence-corrected chi connectivity index (χ2v) is 7.63. The molecule has 0 unspecified atom stereocenters. The lowest BCUT2D eigenvalue weighted by Crippen LogP contribution is -2.43. The summed E-state index contributed by atoms with van der Waals surface area (Å²) in [6.45, 7) is 7.55. The Hall–Kier alpha value is -2.71. The van der Waals surface area contributed by atoms with Gasteiger partial charge in [-0.1, -0.05) is 13.0 Å². The van der Waals surface area contributed by atoms with Crippen molar-refractivity contribution in [2.24, 2.45) is 0 Å². The lowest BCUT2D eigenvalue weighted by atomic mass is 10.2. The van der Waals surface area contributed by atoms with Gasteiger partial charge >= 0.3 is 0 Å². The monoisotopic (exact) mass is 416 g/mol. The number of anilines is 2.